The minimum absolute atomic E-state index is 0.296. The van der Waals surface area contributed by atoms with Crippen molar-refractivity contribution < 1.29 is 14.3 Å². The number of hydrogen-bond acceptors (Lipinski definition) is 5. The molecule has 1 N–H and O–H groups in total. The SMILES string of the molecule is CCOC(=O)C(C)NC(=O)c1ccc2ncsc2c1. The average molecular weight is 278 g/mol. The van der Waals surface area contributed by atoms with Gasteiger partial charge in [0.1, 0.15) is 6.04 Å². The number of fused-ring (bicyclic) bond motifs is 1. The number of carbonyl (C=O) groups is 2. The third-order valence-corrected chi connectivity index (χ3v) is 3.37. The van der Waals surface area contributed by atoms with Crippen molar-refractivity contribution in [2.75, 3.05) is 6.61 Å². The van der Waals surface area contributed by atoms with E-state index in [9.17, 15) is 9.59 Å². The molecule has 0 aliphatic carbocycles. The summed E-state index contributed by atoms with van der Waals surface area (Å²) >= 11 is 1.47. The Kier molecular flexibility index (Phi) is 4.11. The van der Waals surface area contributed by atoms with Gasteiger partial charge in [0.25, 0.3) is 5.91 Å². The molecule has 2 aromatic rings. The fourth-order valence-electron chi connectivity index (χ4n) is 1.60. The maximum atomic E-state index is 12.0. The van der Waals surface area contributed by atoms with E-state index in [4.69, 9.17) is 4.74 Å². The molecule has 6 heteroatoms. The van der Waals surface area contributed by atoms with Gasteiger partial charge in [-0.05, 0) is 32.0 Å². The number of carbonyl (C=O) groups excluding carboxylic acids is 2. The number of nitrogens with zero attached hydrogens (tertiary/aromatic N) is 1. The van der Waals surface area contributed by atoms with E-state index >= 15 is 0 Å². The molecule has 100 valence electrons. The van der Waals surface area contributed by atoms with Crippen LogP contribution in [0.5, 0.6) is 0 Å². The molecule has 0 aliphatic rings. The molecule has 0 fully saturated rings. The molecule has 1 aromatic carbocycles. The van der Waals surface area contributed by atoms with Crippen molar-refractivity contribution in [1.29, 1.82) is 0 Å². The Hall–Kier alpha value is -1.95. The zero-order chi connectivity index (χ0) is 13.8. The highest BCUT2D eigenvalue weighted by Gasteiger charge is 2.17. The number of rotatable bonds is 4. The highest BCUT2D eigenvalue weighted by Crippen LogP contribution is 2.19. The maximum Gasteiger partial charge on any atom is 0.328 e. The van der Waals surface area contributed by atoms with Crippen LogP contribution in [-0.2, 0) is 9.53 Å². The second kappa shape index (κ2) is 5.79. The third-order valence-electron chi connectivity index (χ3n) is 2.58. The molecule has 0 saturated heterocycles. The summed E-state index contributed by atoms with van der Waals surface area (Å²) < 4.78 is 5.78. The number of thiazole rings is 1. The predicted octanol–water partition coefficient (Wildman–Crippen LogP) is 1.98. The van der Waals surface area contributed by atoms with Crippen molar-refractivity contribution in [2.45, 2.75) is 19.9 Å². The van der Waals surface area contributed by atoms with Crippen LogP contribution in [0.1, 0.15) is 24.2 Å². The van der Waals surface area contributed by atoms with Gasteiger partial charge in [0.15, 0.2) is 0 Å². The second-order valence-corrected chi connectivity index (χ2v) is 4.87. The van der Waals surface area contributed by atoms with E-state index in [0.717, 1.165) is 10.2 Å². The third kappa shape index (κ3) is 3.08. The summed E-state index contributed by atoms with van der Waals surface area (Å²) in [6, 6.07) is 4.58. The first kappa shape index (κ1) is 13.5. The number of amides is 1. The highest BCUT2D eigenvalue weighted by molar-refractivity contribution is 7.16. The van der Waals surface area contributed by atoms with Crippen molar-refractivity contribution in [3.63, 3.8) is 0 Å². The lowest BCUT2D eigenvalue weighted by Crippen LogP contribution is -2.39. The van der Waals surface area contributed by atoms with Crippen LogP contribution in [-0.4, -0.2) is 29.5 Å². The van der Waals surface area contributed by atoms with E-state index < -0.39 is 12.0 Å². The molecule has 0 radical (unpaired) electrons. The van der Waals surface area contributed by atoms with E-state index in [-0.39, 0.29) is 5.91 Å². The molecule has 19 heavy (non-hydrogen) atoms. The normalized spacial score (nSPS) is 12.1. The molecule has 0 bridgehead atoms. The summed E-state index contributed by atoms with van der Waals surface area (Å²) in [4.78, 5) is 27.6. The van der Waals surface area contributed by atoms with Crippen molar-refractivity contribution in [1.82, 2.24) is 10.3 Å². The molecule has 1 heterocycles. The number of esters is 1. The van der Waals surface area contributed by atoms with Gasteiger partial charge in [-0.25, -0.2) is 9.78 Å². The molecule has 0 spiro atoms. The standard InChI is InChI=1S/C13H14N2O3S/c1-3-18-13(17)8(2)15-12(16)9-4-5-10-11(6-9)19-7-14-10/h4-8H,3H2,1-2H3,(H,15,16). The van der Waals surface area contributed by atoms with Crippen molar-refractivity contribution >= 4 is 33.4 Å². The Morgan fingerprint density at radius 1 is 1.47 bits per heavy atom. The van der Waals surface area contributed by atoms with Crippen molar-refractivity contribution in [3.8, 4) is 0 Å². The minimum atomic E-state index is -0.662. The van der Waals surface area contributed by atoms with E-state index in [1.54, 1.807) is 37.6 Å². The van der Waals surface area contributed by atoms with Gasteiger partial charge in [0.2, 0.25) is 0 Å². The Morgan fingerprint density at radius 3 is 3.00 bits per heavy atom. The fraction of sp³-hybridized carbons (Fsp3) is 0.308. The van der Waals surface area contributed by atoms with Gasteiger partial charge in [-0.2, -0.15) is 0 Å². The van der Waals surface area contributed by atoms with Gasteiger partial charge in [0, 0.05) is 5.56 Å². The summed E-state index contributed by atoms with van der Waals surface area (Å²) in [5.74, 6) is -0.731. The fourth-order valence-corrected chi connectivity index (χ4v) is 2.32. The number of aromatic nitrogens is 1. The van der Waals surface area contributed by atoms with Crippen LogP contribution in [0.2, 0.25) is 0 Å². The Morgan fingerprint density at radius 2 is 2.26 bits per heavy atom. The largest absolute Gasteiger partial charge is 0.464 e. The first-order chi connectivity index (χ1) is 9.11. The van der Waals surface area contributed by atoms with E-state index in [2.05, 4.69) is 10.3 Å². The van der Waals surface area contributed by atoms with Crippen LogP contribution < -0.4 is 5.32 Å². The zero-order valence-electron chi connectivity index (χ0n) is 10.7. The van der Waals surface area contributed by atoms with Crippen LogP contribution in [0.3, 0.4) is 0 Å². The number of hydrogen-bond donors (Lipinski definition) is 1. The second-order valence-electron chi connectivity index (χ2n) is 3.98. The molecule has 1 aromatic heterocycles. The van der Waals surface area contributed by atoms with E-state index in [1.165, 1.54) is 11.3 Å². The van der Waals surface area contributed by atoms with Gasteiger partial charge >= 0.3 is 5.97 Å². The minimum Gasteiger partial charge on any atom is -0.464 e. The summed E-state index contributed by atoms with van der Waals surface area (Å²) in [6.45, 7) is 3.62. The number of ether oxygens (including phenoxy) is 1. The Balaban J connectivity index is 2.08. The first-order valence-electron chi connectivity index (χ1n) is 5.92. The van der Waals surface area contributed by atoms with E-state index in [1.807, 2.05) is 0 Å². The topological polar surface area (TPSA) is 68.3 Å². The van der Waals surface area contributed by atoms with Gasteiger partial charge in [-0.15, -0.1) is 11.3 Å². The molecule has 1 atom stereocenters. The Bertz CT molecular complexity index is 609. The molecular formula is C13H14N2O3S. The molecule has 0 saturated carbocycles. The van der Waals surface area contributed by atoms with Crippen LogP contribution in [0.15, 0.2) is 23.7 Å². The zero-order valence-corrected chi connectivity index (χ0v) is 11.5. The summed E-state index contributed by atoms with van der Waals surface area (Å²) in [6.07, 6.45) is 0. The van der Waals surface area contributed by atoms with Crippen LogP contribution >= 0.6 is 11.3 Å². The van der Waals surface area contributed by atoms with Crippen LogP contribution in [0.4, 0.5) is 0 Å². The van der Waals surface area contributed by atoms with Crippen LogP contribution in [0.25, 0.3) is 10.2 Å². The quantitative estimate of drug-likeness (QED) is 0.868. The maximum absolute atomic E-state index is 12.0. The molecule has 1 unspecified atom stereocenters. The molecule has 2 rings (SSSR count). The summed E-state index contributed by atoms with van der Waals surface area (Å²) in [7, 11) is 0. The van der Waals surface area contributed by atoms with Crippen molar-refractivity contribution in [2.24, 2.45) is 0 Å². The van der Waals surface area contributed by atoms with Gasteiger partial charge in [-0.3, -0.25) is 4.79 Å². The Labute approximate surface area is 114 Å². The molecule has 5 nitrogen and oxygen atoms in total. The van der Waals surface area contributed by atoms with Gasteiger partial charge in [0.05, 0.1) is 22.3 Å². The molecule has 1 amide bonds. The van der Waals surface area contributed by atoms with Gasteiger partial charge in [-0.1, -0.05) is 0 Å². The lowest BCUT2D eigenvalue weighted by Gasteiger charge is -2.12. The summed E-state index contributed by atoms with van der Waals surface area (Å²) in [5, 5.41) is 2.61. The van der Waals surface area contributed by atoms with E-state index in [0.29, 0.717) is 12.2 Å². The number of benzene rings is 1. The predicted molar refractivity (Wildman–Crippen MR) is 73.2 cm³/mol. The number of nitrogens with one attached hydrogen (secondary N) is 1. The van der Waals surface area contributed by atoms with Crippen LogP contribution in [0, 0.1) is 0 Å². The average Bonchev–Trinajstić information content (AvgIpc) is 2.85. The molecule has 0 aliphatic heterocycles. The van der Waals surface area contributed by atoms with Gasteiger partial charge < -0.3 is 10.1 Å². The monoisotopic (exact) mass is 278 g/mol. The smallest absolute Gasteiger partial charge is 0.328 e. The molecular weight excluding hydrogens is 264 g/mol. The lowest BCUT2D eigenvalue weighted by molar-refractivity contribution is -0.144. The first-order valence-corrected chi connectivity index (χ1v) is 6.80. The lowest BCUT2D eigenvalue weighted by atomic mass is 10.2. The highest BCUT2D eigenvalue weighted by atomic mass is 32.1. The van der Waals surface area contributed by atoms with Crippen molar-refractivity contribution in [3.05, 3.63) is 29.3 Å². The summed E-state index contributed by atoms with van der Waals surface area (Å²) in [5.41, 5.74) is 3.10.